The number of nitrogens with zero attached hydrogens (tertiary/aromatic N) is 1. The van der Waals surface area contributed by atoms with Crippen LogP contribution in [0.1, 0.15) is 18.2 Å². The highest BCUT2D eigenvalue weighted by atomic mass is 32.1. The Bertz CT molecular complexity index is 399. The van der Waals surface area contributed by atoms with Gasteiger partial charge >= 0.3 is 0 Å². The normalized spacial score (nSPS) is 25.1. The molecule has 0 bridgehead atoms. The van der Waals surface area contributed by atoms with Crippen LogP contribution >= 0.6 is 11.3 Å². The van der Waals surface area contributed by atoms with E-state index in [1.54, 1.807) is 16.2 Å². The lowest BCUT2D eigenvalue weighted by Gasteiger charge is -2.31. The highest BCUT2D eigenvalue weighted by molar-refractivity contribution is 7.09. The molecule has 100 valence electrons. The van der Waals surface area contributed by atoms with Crippen LogP contribution in [0.5, 0.6) is 0 Å². The van der Waals surface area contributed by atoms with E-state index in [2.05, 4.69) is 18.4 Å². The molecular weight excluding hydrogens is 248 g/mol. The van der Waals surface area contributed by atoms with Crippen molar-refractivity contribution in [1.29, 1.82) is 0 Å². The molecule has 18 heavy (non-hydrogen) atoms. The maximum absolute atomic E-state index is 12.4. The number of amides is 1. The predicted molar refractivity (Wildman–Crippen MR) is 72.6 cm³/mol. The molecule has 1 saturated heterocycles. The van der Waals surface area contributed by atoms with Crippen LogP contribution in [0.15, 0.2) is 17.5 Å². The molecule has 2 N–H and O–H groups in total. The zero-order chi connectivity index (χ0) is 13.2. The van der Waals surface area contributed by atoms with E-state index in [4.69, 9.17) is 10.5 Å². The van der Waals surface area contributed by atoms with Crippen LogP contribution in [-0.2, 0) is 16.0 Å². The molecule has 2 unspecified atom stereocenters. The largest absolute Gasteiger partial charge is 0.379 e. The van der Waals surface area contributed by atoms with Crippen LogP contribution in [-0.4, -0.2) is 42.6 Å². The summed E-state index contributed by atoms with van der Waals surface area (Å²) in [4.78, 5) is 15.4. The average Bonchev–Trinajstić information content (AvgIpc) is 2.99. The van der Waals surface area contributed by atoms with Gasteiger partial charge < -0.3 is 15.4 Å². The second-order valence-corrected chi connectivity index (χ2v) is 6.04. The minimum absolute atomic E-state index is 0.0101. The number of ether oxygens (including phenoxy) is 1. The number of likely N-dealkylation sites (N-methyl/N-ethyl adjacent to an activating group) is 1. The Morgan fingerprint density at radius 3 is 3.06 bits per heavy atom. The molecule has 1 aromatic rings. The standard InChI is InChI=1S/C13H20N2O2S/c1-10(8-11-4-3-7-18-11)15(2)12(16)13(14)5-6-17-9-13/h3-4,7,10H,5-6,8-9,14H2,1-2H3. The van der Waals surface area contributed by atoms with Crippen LogP contribution in [0.2, 0.25) is 0 Å². The molecule has 1 aliphatic heterocycles. The van der Waals surface area contributed by atoms with Gasteiger partial charge in [-0.25, -0.2) is 0 Å². The fourth-order valence-corrected chi connectivity index (χ4v) is 2.98. The van der Waals surface area contributed by atoms with Crippen molar-refractivity contribution in [3.05, 3.63) is 22.4 Å². The smallest absolute Gasteiger partial charge is 0.245 e. The van der Waals surface area contributed by atoms with Gasteiger partial charge in [-0.2, -0.15) is 0 Å². The molecule has 4 nitrogen and oxygen atoms in total. The zero-order valence-electron chi connectivity index (χ0n) is 10.9. The summed E-state index contributed by atoms with van der Waals surface area (Å²) in [6.07, 6.45) is 1.48. The number of nitrogens with two attached hydrogens (primary N) is 1. The molecule has 2 heterocycles. The van der Waals surface area contributed by atoms with E-state index in [0.29, 0.717) is 19.6 Å². The molecule has 1 aliphatic rings. The first kappa shape index (κ1) is 13.5. The summed E-state index contributed by atoms with van der Waals surface area (Å²) in [6.45, 7) is 2.97. The molecule has 2 atom stereocenters. The van der Waals surface area contributed by atoms with Gasteiger partial charge in [0.1, 0.15) is 5.54 Å². The monoisotopic (exact) mass is 268 g/mol. The molecule has 0 radical (unpaired) electrons. The van der Waals surface area contributed by atoms with Crippen LogP contribution in [0.25, 0.3) is 0 Å². The topological polar surface area (TPSA) is 55.6 Å². The van der Waals surface area contributed by atoms with Crippen LogP contribution in [0.3, 0.4) is 0 Å². The lowest BCUT2D eigenvalue weighted by atomic mass is 9.97. The molecule has 0 spiro atoms. The summed E-state index contributed by atoms with van der Waals surface area (Å²) in [5.41, 5.74) is 5.28. The van der Waals surface area contributed by atoms with Crippen LogP contribution < -0.4 is 5.73 Å². The number of hydrogen-bond donors (Lipinski definition) is 1. The lowest BCUT2D eigenvalue weighted by Crippen LogP contribution is -2.57. The van der Waals surface area contributed by atoms with E-state index in [-0.39, 0.29) is 11.9 Å². The predicted octanol–water partition coefficient (Wildman–Crippen LogP) is 1.26. The Labute approximate surface area is 112 Å². The maximum Gasteiger partial charge on any atom is 0.245 e. The van der Waals surface area contributed by atoms with Crippen LogP contribution in [0.4, 0.5) is 0 Å². The number of carbonyl (C=O) groups is 1. The van der Waals surface area contributed by atoms with E-state index in [1.165, 1.54) is 4.88 Å². The third kappa shape index (κ3) is 2.74. The van der Waals surface area contributed by atoms with Crippen molar-refractivity contribution in [2.45, 2.75) is 31.3 Å². The first-order chi connectivity index (χ1) is 8.53. The lowest BCUT2D eigenvalue weighted by molar-refractivity contribution is -0.137. The van der Waals surface area contributed by atoms with Crippen molar-refractivity contribution in [3.63, 3.8) is 0 Å². The van der Waals surface area contributed by atoms with E-state index in [0.717, 1.165) is 6.42 Å². The van der Waals surface area contributed by atoms with Gasteiger partial charge in [-0.1, -0.05) is 6.07 Å². The molecule has 1 amide bonds. The Morgan fingerprint density at radius 1 is 1.72 bits per heavy atom. The second-order valence-electron chi connectivity index (χ2n) is 5.01. The fraction of sp³-hybridized carbons (Fsp3) is 0.615. The van der Waals surface area contributed by atoms with Gasteiger partial charge in [0.15, 0.2) is 0 Å². The van der Waals surface area contributed by atoms with Crippen molar-refractivity contribution in [2.24, 2.45) is 5.73 Å². The van der Waals surface area contributed by atoms with Crippen LogP contribution in [0, 0.1) is 0 Å². The summed E-state index contributed by atoms with van der Waals surface area (Å²) in [7, 11) is 1.83. The Hall–Kier alpha value is -0.910. The van der Waals surface area contributed by atoms with Gasteiger partial charge in [-0.15, -0.1) is 11.3 Å². The van der Waals surface area contributed by atoms with Gasteiger partial charge in [0.25, 0.3) is 0 Å². The van der Waals surface area contributed by atoms with Crippen molar-refractivity contribution in [2.75, 3.05) is 20.3 Å². The Morgan fingerprint density at radius 2 is 2.50 bits per heavy atom. The molecule has 0 aliphatic carbocycles. The number of carbonyl (C=O) groups excluding carboxylic acids is 1. The van der Waals surface area contributed by atoms with Gasteiger partial charge in [-0.3, -0.25) is 4.79 Å². The van der Waals surface area contributed by atoms with Gasteiger partial charge in [0.2, 0.25) is 5.91 Å². The van der Waals surface area contributed by atoms with E-state index < -0.39 is 5.54 Å². The minimum atomic E-state index is -0.821. The van der Waals surface area contributed by atoms with E-state index in [1.807, 2.05) is 13.1 Å². The molecule has 5 heteroatoms. The summed E-state index contributed by atoms with van der Waals surface area (Å²) in [5, 5.41) is 2.05. The Kier molecular flexibility index (Phi) is 4.04. The van der Waals surface area contributed by atoms with Crippen molar-refractivity contribution in [3.8, 4) is 0 Å². The average molecular weight is 268 g/mol. The van der Waals surface area contributed by atoms with E-state index in [9.17, 15) is 4.79 Å². The first-order valence-electron chi connectivity index (χ1n) is 6.19. The quantitative estimate of drug-likeness (QED) is 0.894. The third-order valence-electron chi connectivity index (χ3n) is 3.54. The van der Waals surface area contributed by atoms with Gasteiger partial charge in [0, 0.05) is 31.0 Å². The SMILES string of the molecule is CC(Cc1cccs1)N(C)C(=O)C1(N)CCOC1. The highest BCUT2D eigenvalue weighted by Gasteiger charge is 2.41. The van der Waals surface area contributed by atoms with Crippen molar-refractivity contribution < 1.29 is 9.53 Å². The zero-order valence-corrected chi connectivity index (χ0v) is 11.7. The fourth-order valence-electron chi connectivity index (χ4n) is 2.16. The van der Waals surface area contributed by atoms with Gasteiger partial charge in [-0.05, 0) is 24.8 Å². The molecule has 1 aromatic heterocycles. The summed E-state index contributed by atoms with van der Waals surface area (Å²) in [5.74, 6) is -0.0101. The molecule has 2 rings (SSSR count). The summed E-state index contributed by atoms with van der Waals surface area (Å²) < 4.78 is 5.25. The minimum Gasteiger partial charge on any atom is -0.379 e. The maximum atomic E-state index is 12.4. The van der Waals surface area contributed by atoms with E-state index >= 15 is 0 Å². The first-order valence-corrected chi connectivity index (χ1v) is 7.07. The van der Waals surface area contributed by atoms with Crippen molar-refractivity contribution >= 4 is 17.2 Å². The van der Waals surface area contributed by atoms with Crippen molar-refractivity contribution in [1.82, 2.24) is 4.90 Å². The molecule has 0 aromatic carbocycles. The third-order valence-corrected chi connectivity index (χ3v) is 4.43. The molecule has 1 fully saturated rings. The Balaban J connectivity index is 1.97. The second kappa shape index (κ2) is 5.38. The number of rotatable bonds is 4. The number of thiophene rings is 1. The number of hydrogen-bond acceptors (Lipinski definition) is 4. The van der Waals surface area contributed by atoms with Gasteiger partial charge in [0.05, 0.1) is 6.61 Å². The highest BCUT2D eigenvalue weighted by Crippen LogP contribution is 2.20. The summed E-state index contributed by atoms with van der Waals surface area (Å²) >= 11 is 1.72. The summed E-state index contributed by atoms with van der Waals surface area (Å²) in [6, 6.07) is 4.28. The molecule has 0 saturated carbocycles. The molecular formula is C13H20N2O2S.